The topological polar surface area (TPSA) is 61.4 Å². The molecule has 0 aliphatic carbocycles. The lowest BCUT2D eigenvalue weighted by Gasteiger charge is -2.43. The zero-order valence-electron chi connectivity index (χ0n) is 8.66. The summed E-state index contributed by atoms with van der Waals surface area (Å²) in [4.78, 5) is 10.8. The number of rotatable bonds is 4. The van der Waals surface area contributed by atoms with Gasteiger partial charge in [-0.25, -0.2) is 0 Å². The number of para-hydroxylation sites is 1. The van der Waals surface area contributed by atoms with Crippen molar-refractivity contribution >= 4 is 27.6 Å². The van der Waals surface area contributed by atoms with Crippen LogP contribution < -0.4 is 10.6 Å². The predicted molar refractivity (Wildman–Crippen MR) is 65.6 cm³/mol. The molecule has 5 heteroatoms. The van der Waals surface area contributed by atoms with E-state index in [4.69, 9.17) is 5.11 Å². The molecule has 16 heavy (non-hydrogen) atoms. The Morgan fingerprint density at radius 2 is 2.19 bits per heavy atom. The van der Waals surface area contributed by atoms with Crippen LogP contribution in [-0.4, -0.2) is 29.7 Å². The molecule has 1 aliphatic rings. The number of hydrogen-bond donors (Lipinski definition) is 3. The first kappa shape index (κ1) is 11.4. The third-order valence-electron chi connectivity index (χ3n) is 2.69. The van der Waals surface area contributed by atoms with Crippen LogP contribution in [0.2, 0.25) is 0 Å². The van der Waals surface area contributed by atoms with Crippen molar-refractivity contribution in [2.75, 3.05) is 18.4 Å². The maximum absolute atomic E-state index is 10.8. The van der Waals surface area contributed by atoms with Crippen molar-refractivity contribution in [3.63, 3.8) is 0 Å². The van der Waals surface area contributed by atoms with Crippen LogP contribution in [0, 0.1) is 0 Å². The van der Waals surface area contributed by atoms with Crippen molar-refractivity contribution in [1.29, 1.82) is 0 Å². The van der Waals surface area contributed by atoms with E-state index in [0.29, 0.717) is 13.1 Å². The van der Waals surface area contributed by atoms with Gasteiger partial charge in [-0.1, -0.05) is 12.1 Å². The second-order valence-electron chi connectivity index (χ2n) is 4.06. The number of carbonyl (C=O) groups is 1. The molecule has 1 aromatic rings. The summed E-state index contributed by atoms with van der Waals surface area (Å²) in [5, 5.41) is 15.3. The number of aliphatic carboxylic acids is 1. The van der Waals surface area contributed by atoms with Gasteiger partial charge in [0.25, 0.3) is 0 Å². The molecule has 86 valence electrons. The first-order valence-electron chi connectivity index (χ1n) is 5.07. The fourth-order valence-corrected chi connectivity index (χ4v) is 2.21. The van der Waals surface area contributed by atoms with Crippen molar-refractivity contribution < 1.29 is 9.90 Å². The SMILES string of the molecule is O=C(O)CC1(Nc2ccccc2Br)CNC1. The van der Waals surface area contributed by atoms with Crippen LogP contribution >= 0.6 is 15.9 Å². The first-order chi connectivity index (χ1) is 7.61. The normalized spacial score (nSPS) is 17.6. The average Bonchev–Trinajstić information content (AvgIpc) is 2.17. The molecule has 1 fully saturated rings. The van der Waals surface area contributed by atoms with Crippen LogP contribution in [0.15, 0.2) is 28.7 Å². The number of nitrogens with one attached hydrogen (secondary N) is 2. The molecule has 3 N–H and O–H groups in total. The number of carboxylic acids is 1. The molecule has 1 aromatic carbocycles. The van der Waals surface area contributed by atoms with Gasteiger partial charge in [-0.05, 0) is 28.1 Å². The van der Waals surface area contributed by atoms with Gasteiger partial charge in [0.1, 0.15) is 0 Å². The molecule has 0 atom stereocenters. The monoisotopic (exact) mass is 284 g/mol. The summed E-state index contributed by atoms with van der Waals surface area (Å²) in [5.74, 6) is -0.777. The summed E-state index contributed by atoms with van der Waals surface area (Å²) < 4.78 is 0.951. The number of carboxylic acid groups (broad SMARTS) is 1. The number of anilines is 1. The number of halogens is 1. The molecule has 4 nitrogen and oxygen atoms in total. The molecule has 1 aliphatic heterocycles. The van der Waals surface area contributed by atoms with E-state index in [1.807, 2.05) is 24.3 Å². The summed E-state index contributed by atoms with van der Waals surface area (Å²) in [6.45, 7) is 1.36. The lowest BCUT2D eigenvalue weighted by atomic mass is 9.88. The Balaban J connectivity index is 2.13. The number of benzene rings is 1. The van der Waals surface area contributed by atoms with Gasteiger partial charge in [0, 0.05) is 23.2 Å². The number of hydrogen-bond acceptors (Lipinski definition) is 3. The smallest absolute Gasteiger partial charge is 0.305 e. The molecule has 2 rings (SSSR count). The summed E-state index contributed by atoms with van der Waals surface area (Å²) >= 11 is 3.44. The largest absolute Gasteiger partial charge is 0.481 e. The van der Waals surface area contributed by atoms with Crippen molar-refractivity contribution in [3.8, 4) is 0 Å². The van der Waals surface area contributed by atoms with E-state index in [0.717, 1.165) is 10.2 Å². The molecule has 0 radical (unpaired) electrons. The predicted octanol–water partition coefficient (Wildman–Crippen LogP) is 1.68. The van der Waals surface area contributed by atoms with Crippen LogP contribution in [0.25, 0.3) is 0 Å². The summed E-state index contributed by atoms with van der Waals surface area (Å²) in [6, 6.07) is 7.72. The highest BCUT2D eigenvalue weighted by Gasteiger charge is 2.39. The Kier molecular flexibility index (Phi) is 3.16. The van der Waals surface area contributed by atoms with Crippen molar-refractivity contribution in [2.45, 2.75) is 12.0 Å². The zero-order chi connectivity index (χ0) is 11.6. The third-order valence-corrected chi connectivity index (χ3v) is 3.38. The molecule has 0 unspecified atom stereocenters. The Labute approximate surface area is 102 Å². The van der Waals surface area contributed by atoms with E-state index in [2.05, 4.69) is 26.6 Å². The molecule has 0 amide bonds. The minimum absolute atomic E-state index is 0.126. The Hall–Kier alpha value is -1.07. The zero-order valence-corrected chi connectivity index (χ0v) is 10.3. The van der Waals surface area contributed by atoms with Crippen LogP contribution in [0.4, 0.5) is 5.69 Å². The second-order valence-corrected chi connectivity index (χ2v) is 4.91. The van der Waals surface area contributed by atoms with Crippen LogP contribution in [-0.2, 0) is 4.79 Å². The van der Waals surface area contributed by atoms with E-state index in [-0.39, 0.29) is 12.0 Å². The van der Waals surface area contributed by atoms with Crippen molar-refractivity contribution in [2.24, 2.45) is 0 Å². The molecule has 1 saturated heterocycles. The van der Waals surface area contributed by atoms with E-state index in [1.165, 1.54) is 0 Å². The Morgan fingerprint density at radius 3 is 2.69 bits per heavy atom. The van der Waals surface area contributed by atoms with Gasteiger partial charge in [0.05, 0.1) is 12.0 Å². The Bertz CT molecular complexity index is 405. The van der Waals surface area contributed by atoms with Gasteiger partial charge in [-0.2, -0.15) is 0 Å². The minimum Gasteiger partial charge on any atom is -0.481 e. The van der Waals surface area contributed by atoms with Crippen molar-refractivity contribution in [1.82, 2.24) is 5.32 Å². The molecular formula is C11H13BrN2O2. The lowest BCUT2D eigenvalue weighted by molar-refractivity contribution is -0.138. The van der Waals surface area contributed by atoms with E-state index >= 15 is 0 Å². The minimum atomic E-state index is -0.777. The first-order valence-corrected chi connectivity index (χ1v) is 5.86. The molecular weight excluding hydrogens is 272 g/mol. The highest BCUT2D eigenvalue weighted by Crippen LogP contribution is 2.28. The van der Waals surface area contributed by atoms with E-state index in [1.54, 1.807) is 0 Å². The van der Waals surface area contributed by atoms with Crippen LogP contribution in [0.1, 0.15) is 6.42 Å². The lowest BCUT2D eigenvalue weighted by Crippen LogP contribution is -2.65. The highest BCUT2D eigenvalue weighted by atomic mass is 79.9. The fourth-order valence-electron chi connectivity index (χ4n) is 1.82. The molecule has 0 aromatic heterocycles. The van der Waals surface area contributed by atoms with Gasteiger partial charge in [-0.15, -0.1) is 0 Å². The molecule has 0 bridgehead atoms. The fraction of sp³-hybridized carbons (Fsp3) is 0.364. The van der Waals surface area contributed by atoms with Gasteiger partial charge in [0.2, 0.25) is 0 Å². The van der Waals surface area contributed by atoms with Gasteiger partial charge in [-0.3, -0.25) is 4.79 Å². The maximum Gasteiger partial charge on any atom is 0.305 e. The molecule has 0 saturated carbocycles. The summed E-state index contributed by atoms with van der Waals surface area (Å²) in [5.41, 5.74) is 0.584. The van der Waals surface area contributed by atoms with Gasteiger partial charge >= 0.3 is 5.97 Å². The van der Waals surface area contributed by atoms with Crippen LogP contribution in [0.5, 0.6) is 0 Å². The standard InChI is InChI=1S/C11H13BrN2O2/c12-8-3-1-2-4-9(8)14-11(5-10(15)16)6-13-7-11/h1-4,13-14H,5-7H2,(H,15,16). The van der Waals surface area contributed by atoms with Crippen LogP contribution in [0.3, 0.4) is 0 Å². The van der Waals surface area contributed by atoms with E-state index in [9.17, 15) is 4.79 Å². The van der Waals surface area contributed by atoms with Crippen molar-refractivity contribution in [3.05, 3.63) is 28.7 Å². The Morgan fingerprint density at radius 1 is 1.50 bits per heavy atom. The van der Waals surface area contributed by atoms with E-state index < -0.39 is 5.97 Å². The highest BCUT2D eigenvalue weighted by molar-refractivity contribution is 9.10. The summed E-state index contributed by atoms with van der Waals surface area (Å²) in [7, 11) is 0. The third kappa shape index (κ3) is 2.36. The molecule has 0 spiro atoms. The van der Waals surface area contributed by atoms with Gasteiger partial charge in [0.15, 0.2) is 0 Å². The van der Waals surface area contributed by atoms with Gasteiger partial charge < -0.3 is 15.7 Å². The second kappa shape index (κ2) is 4.43. The molecule has 1 heterocycles. The quantitative estimate of drug-likeness (QED) is 0.787. The summed E-state index contributed by atoms with van der Waals surface area (Å²) in [6.07, 6.45) is 0.126. The maximum atomic E-state index is 10.8. The average molecular weight is 285 g/mol.